The highest BCUT2D eigenvalue weighted by molar-refractivity contribution is 5.96. The molecule has 3 N–H and O–H groups in total. The summed E-state index contributed by atoms with van der Waals surface area (Å²) in [5.41, 5.74) is 8.50. The maximum Gasteiger partial charge on any atom is 0.340 e. The van der Waals surface area contributed by atoms with Crippen molar-refractivity contribution in [2.45, 2.75) is 57.9 Å². The van der Waals surface area contributed by atoms with Crippen LogP contribution < -0.4 is 9.47 Å². The van der Waals surface area contributed by atoms with Crippen LogP contribution in [0.25, 0.3) is 16.5 Å². The molecule has 12 heteroatoms. The molecule has 2 rings (SSSR count). The standard InChI is InChI=1S/C25H35N3O9/c1-15(16(2)29)6-8-18(30)23-21(36-25(3,4)37-23)9-7-17-19(34-13-12-27-28-26)10-11-20(35-14-33-5)22(17)24(31)32/h6-11,15-16,18,21,23,29-30H,12-14H2,1-5H3,(H,31,32)/b8-6-,9-7+/t15-,16+,18?,21-,23-/m1/s1. The Labute approximate surface area is 215 Å². The number of ether oxygens (including phenoxy) is 5. The molecule has 1 fully saturated rings. The first kappa shape index (κ1) is 30.1. The third-order valence-corrected chi connectivity index (χ3v) is 5.55. The molecule has 5 atom stereocenters. The molecule has 12 nitrogen and oxygen atoms in total. The zero-order valence-electron chi connectivity index (χ0n) is 21.6. The number of aliphatic hydroxyl groups is 2. The highest BCUT2D eigenvalue weighted by Crippen LogP contribution is 2.35. The molecule has 0 amide bonds. The Morgan fingerprint density at radius 2 is 1.92 bits per heavy atom. The van der Waals surface area contributed by atoms with E-state index in [2.05, 4.69) is 10.0 Å². The minimum Gasteiger partial charge on any atom is -0.493 e. The Balaban J connectivity index is 2.44. The Kier molecular flexibility index (Phi) is 11.4. The zero-order chi connectivity index (χ0) is 27.6. The highest BCUT2D eigenvalue weighted by atomic mass is 16.8. The van der Waals surface area contributed by atoms with E-state index in [0.29, 0.717) is 0 Å². The summed E-state index contributed by atoms with van der Waals surface area (Å²) in [6.07, 6.45) is 3.11. The van der Waals surface area contributed by atoms with Gasteiger partial charge in [0.25, 0.3) is 0 Å². The number of carboxylic acid groups (broad SMARTS) is 1. The van der Waals surface area contributed by atoms with Crippen molar-refractivity contribution < 1.29 is 43.8 Å². The van der Waals surface area contributed by atoms with Crippen molar-refractivity contribution in [2.75, 3.05) is 27.1 Å². The molecule has 1 unspecified atom stereocenters. The van der Waals surface area contributed by atoms with Crippen LogP contribution in [0.5, 0.6) is 11.5 Å². The smallest absolute Gasteiger partial charge is 0.340 e. The van der Waals surface area contributed by atoms with E-state index in [1.165, 1.54) is 25.3 Å². The number of methoxy groups -OCH3 is 1. The lowest BCUT2D eigenvalue weighted by molar-refractivity contribution is -0.150. The number of benzene rings is 1. The van der Waals surface area contributed by atoms with Crippen molar-refractivity contribution in [3.05, 3.63) is 51.9 Å². The number of hydrogen-bond acceptors (Lipinski definition) is 9. The number of azide groups is 1. The number of nitrogens with zero attached hydrogens (tertiary/aromatic N) is 3. The molecule has 1 aliphatic heterocycles. The largest absolute Gasteiger partial charge is 0.493 e. The number of hydrogen-bond donors (Lipinski definition) is 3. The first-order valence-electron chi connectivity index (χ1n) is 11.7. The van der Waals surface area contributed by atoms with Gasteiger partial charge >= 0.3 is 5.97 Å². The predicted molar refractivity (Wildman–Crippen MR) is 134 cm³/mol. The molecule has 1 aromatic carbocycles. The third kappa shape index (κ3) is 8.74. The third-order valence-electron chi connectivity index (χ3n) is 5.55. The van der Waals surface area contributed by atoms with Gasteiger partial charge in [0.1, 0.15) is 35.4 Å². The summed E-state index contributed by atoms with van der Waals surface area (Å²) >= 11 is 0. The molecule has 1 aromatic rings. The van der Waals surface area contributed by atoms with Gasteiger partial charge in [0.15, 0.2) is 12.6 Å². The topological polar surface area (TPSA) is 173 Å². The van der Waals surface area contributed by atoms with Crippen molar-refractivity contribution in [2.24, 2.45) is 11.0 Å². The average Bonchev–Trinajstić information content (AvgIpc) is 3.16. The van der Waals surface area contributed by atoms with E-state index >= 15 is 0 Å². The Morgan fingerprint density at radius 1 is 1.22 bits per heavy atom. The van der Waals surface area contributed by atoms with Gasteiger partial charge in [-0.1, -0.05) is 36.3 Å². The van der Waals surface area contributed by atoms with Gasteiger partial charge in [-0.05, 0) is 44.4 Å². The summed E-state index contributed by atoms with van der Waals surface area (Å²) in [5, 5.41) is 33.9. The molecule has 0 bridgehead atoms. The maximum absolute atomic E-state index is 12.2. The molecule has 1 aliphatic rings. The molecule has 0 radical (unpaired) electrons. The van der Waals surface area contributed by atoms with Gasteiger partial charge in [0, 0.05) is 17.6 Å². The van der Waals surface area contributed by atoms with Crippen LogP contribution in [-0.2, 0) is 14.2 Å². The predicted octanol–water partition coefficient (Wildman–Crippen LogP) is 3.52. The summed E-state index contributed by atoms with van der Waals surface area (Å²) in [7, 11) is 1.41. The second-order valence-electron chi connectivity index (χ2n) is 8.91. The van der Waals surface area contributed by atoms with Gasteiger partial charge in [0.2, 0.25) is 0 Å². The Morgan fingerprint density at radius 3 is 2.54 bits per heavy atom. The zero-order valence-corrected chi connectivity index (χ0v) is 21.6. The first-order valence-corrected chi connectivity index (χ1v) is 11.7. The van der Waals surface area contributed by atoms with Crippen LogP contribution in [0.4, 0.5) is 0 Å². The number of rotatable bonds is 14. The van der Waals surface area contributed by atoms with E-state index in [4.69, 9.17) is 29.2 Å². The van der Waals surface area contributed by atoms with Crippen LogP contribution in [0.15, 0.2) is 35.5 Å². The van der Waals surface area contributed by atoms with Crippen LogP contribution in [0.1, 0.15) is 43.6 Å². The average molecular weight is 522 g/mol. The maximum atomic E-state index is 12.2. The number of aromatic carboxylic acids is 1. The van der Waals surface area contributed by atoms with E-state index in [1.54, 1.807) is 39.0 Å². The quantitative estimate of drug-likeness (QED) is 0.0826. The highest BCUT2D eigenvalue weighted by Gasteiger charge is 2.43. The van der Waals surface area contributed by atoms with Crippen molar-refractivity contribution in [3.8, 4) is 11.5 Å². The Hall–Kier alpha value is -3.12. The normalized spacial score (nSPS) is 21.5. The molecule has 1 heterocycles. The second kappa shape index (κ2) is 14.0. The van der Waals surface area contributed by atoms with Crippen LogP contribution in [0, 0.1) is 5.92 Å². The van der Waals surface area contributed by atoms with Crippen molar-refractivity contribution in [3.63, 3.8) is 0 Å². The van der Waals surface area contributed by atoms with E-state index < -0.39 is 36.2 Å². The number of aliphatic hydroxyl groups excluding tert-OH is 2. The molecule has 37 heavy (non-hydrogen) atoms. The van der Waals surface area contributed by atoms with E-state index in [-0.39, 0.29) is 48.5 Å². The molecule has 0 spiro atoms. The fourth-order valence-electron chi connectivity index (χ4n) is 3.56. The monoisotopic (exact) mass is 521 g/mol. The molecule has 0 saturated carbocycles. The summed E-state index contributed by atoms with van der Waals surface area (Å²) in [6, 6.07) is 2.98. The second-order valence-corrected chi connectivity index (χ2v) is 8.91. The lowest BCUT2D eigenvalue weighted by Crippen LogP contribution is -2.33. The summed E-state index contributed by atoms with van der Waals surface area (Å²) in [4.78, 5) is 14.9. The van der Waals surface area contributed by atoms with Crippen molar-refractivity contribution in [1.82, 2.24) is 0 Å². The van der Waals surface area contributed by atoms with E-state index in [9.17, 15) is 20.1 Å². The van der Waals surface area contributed by atoms with E-state index in [1.807, 2.05) is 6.92 Å². The molecular formula is C25H35N3O9. The molecule has 204 valence electrons. The van der Waals surface area contributed by atoms with E-state index in [0.717, 1.165) is 0 Å². The summed E-state index contributed by atoms with van der Waals surface area (Å²) in [6.45, 7) is 6.78. The summed E-state index contributed by atoms with van der Waals surface area (Å²) in [5.74, 6) is -2.18. The fraction of sp³-hybridized carbons (Fsp3) is 0.560. The number of carboxylic acids is 1. The van der Waals surface area contributed by atoms with Crippen LogP contribution in [-0.4, -0.2) is 78.5 Å². The Bertz CT molecular complexity index is 1020. The lowest BCUT2D eigenvalue weighted by atomic mass is 10.00. The van der Waals surface area contributed by atoms with Gasteiger partial charge in [0.05, 0.1) is 19.3 Å². The first-order chi connectivity index (χ1) is 17.5. The van der Waals surface area contributed by atoms with Gasteiger partial charge < -0.3 is 39.0 Å². The van der Waals surface area contributed by atoms with Gasteiger partial charge in [-0.25, -0.2) is 4.79 Å². The van der Waals surface area contributed by atoms with Crippen LogP contribution in [0.3, 0.4) is 0 Å². The summed E-state index contributed by atoms with van der Waals surface area (Å²) < 4.78 is 27.9. The molecular weight excluding hydrogens is 486 g/mol. The van der Waals surface area contributed by atoms with Crippen molar-refractivity contribution >= 4 is 12.0 Å². The number of carbonyl (C=O) groups is 1. The van der Waals surface area contributed by atoms with Crippen molar-refractivity contribution in [1.29, 1.82) is 0 Å². The molecule has 0 aromatic heterocycles. The molecule has 0 aliphatic carbocycles. The van der Waals surface area contributed by atoms with Gasteiger partial charge in [-0.2, -0.15) is 0 Å². The minimum atomic E-state index is -1.26. The fourth-order valence-corrected chi connectivity index (χ4v) is 3.56. The SMILES string of the molecule is COCOc1ccc(OCCN=[N+]=[N-])c(/C=C/[C@H]2OC(C)(C)O[C@@H]2C(O)/C=C\[C@@H](C)[C@H](C)O)c1C(=O)O. The van der Waals surface area contributed by atoms with Crippen LogP contribution in [0.2, 0.25) is 0 Å². The van der Waals surface area contributed by atoms with Gasteiger partial charge in [-0.3, -0.25) is 0 Å². The minimum absolute atomic E-state index is 0.0197. The van der Waals surface area contributed by atoms with Gasteiger partial charge in [-0.15, -0.1) is 0 Å². The lowest BCUT2D eigenvalue weighted by Gasteiger charge is -2.20. The van der Waals surface area contributed by atoms with Crippen LogP contribution >= 0.6 is 0 Å². The molecule has 1 saturated heterocycles.